The van der Waals surface area contributed by atoms with E-state index >= 15 is 0 Å². The summed E-state index contributed by atoms with van der Waals surface area (Å²) in [6, 6.07) is 10.7. The first-order valence-corrected chi connectivity index (χ1v) is 12.7. The number of hydrogen-bond donors (Lipinski definition) is 1. The SMILES string of the molecule is COCCn1nnnc1C(c1cc2cc(C)cc(C)c2[nH]c1=O)N1CCN(c2cccc(C(F)(F)F)c2)CC1. The largest absolute Gasteiger partial charge is 0.416 e. The highest BCUT2D eigenvalue weighted by Crippen LogP contribution is 2.33. The van der Waals surface area contributed by atoms with Crippen LogP contribution in [-0.2, 0) is 17.5 Å². The fraction of sp³-hybridized carbons (Fsp3) is 0.407. The van der Waals surface area contributed by atoms with Crippen LogP contribution in [0.4, 0.5) is 18.9 Å². The van der Waals surface area contributed by atoms with Crippen LogP contribution in [0.15, 0.2) is 47.3 Å². The van der Waals surface area contributed by atoms with Gasteiger partial charge in [0, 0.05) is 44.5 Å². The molecule has 5 rings (SSSR count). The predicted octanol–water partition coefficient (Wildman–Crippen LogP) is 3.71. The highest BCUT2D eigenvalue weighted by atomic mass is 19.4. The lowest BCUT2D eigenvalue weighted by Gasteiger charge is -2.39. The van der Waals surface area contributed by atoms with Gasteiger partial charge in [-0.3, -0.25) is 9.69 Å². The van der Waals surface area contributed by atoms with Crippen molar-refractivity contribution in [1.29, 1.82) is 0 Å². The Labute approximate surface area is 223 Å². The van der Waals surface area contributed by atoms with Crippen LogP contribution in [0, 0.1) is 13.8 Å². The molecule has 1 saturated heterocycles. The Kier molecular flexibility index (Phi) is 7.41. The summed E-state index contributed by atoms with van der Waals surface area (Å²) in [5.41, 5.74) is 2.95. The van der Waals surface area contributed by atoms with Crippen molar-refractivity contribution in [1.82, 2.24) is 30.1 Å². The lowest BCUT2D eigenvalue weighted by Crippen LogP contribution is -2.49. The van der Waals surface area contributed by atoms with Crippen molar-refractivity contribution in [2.24, 2.45) is 0 Å². The van der Waals surface area contributed by atoms with E-state index in [1.165, 1.54) is 12.1 Å². The molecule has 3 heterocycles. The monoisotopic (exact) mass is 541 g/mol. The molecule has 0 amide bonds. The smallest absolute Gasteiger partial charge is 0.383 e. The number of rotatable bonds is 7. The molecule has 9 nitrogen and oxygen atoms in total. The number of aromatic amines is 1. The number of nitrogens with one attached hydrogen (secondary N) is 1. The predicted molar refractivity (Wildman–Crippen MR) is 141 cm³/mol. The summed E-state index contributed by atoms with van der Waals surface area (Å²) >= 11 is 0. The van der Waals surface area contributed by atoms with E-state index in [0.717, 1.165) is 28.1 Å². The topological polar surface area (TPSA) is 92.2 Å². The summed E-state index contributed by atoms with van der Waals surface area (Å²) in [4.78, 5) is 20.6. The molecule has 1 N–H and O–H groups in total. The first-order valence-electron chi connectivity index (χ1n) is 12.7. The minimum atomic E-state index is -4.41. The zero-order valence-electron chi connectivity index (χ0n) is 22.0. The average Bonchev–Trinajstić information content (AvgIpc) is 3.36. The van der Waals surface area contributed by atoms with Gasteiger partial charge in [-0.05, 0) is 65.6 Å². The summed E-state index contributed by atoms with van der Waals surface area (Å²) in [6.07, 6.45) is -4.41. The summed E-state index contributed by atoms with van der Waals surface area (Å²) < 4.78 is 46.7. The molecule has 0 radical (unpaired) electrons. The zero-order chi connectivity index (χ0) is 27.7. The van der Waals surface area contributed by atoms with Crippen LogP contribution in [-0.4, -0.2) is 70.0 Å². The van der Waals surface area contributed by atoms with Crippen LogP contribution in [0.5, 0.6) is 0 Å². The highest BCUT2D eigenvalue weighted by Gasteiger charge is 2.34. The van der Waals surface area contributed by atoms with Gasteiger partial charge in [-0.2, -0.15) is 13.2 Å². The van der Waals surface area contributed by atoms with E-state index in [1.807, 2.05) is 36.9 Å². The number of pyridine rings is 1. The van der Waals surface area contributed by atoms with Gasteiger partial charge in [0.25, 0.3) is 5.56 Å². The molecule has 1 aliphatic rings. The van der Waals surface area contributed by atoms with E-state index in [0.29, 0.717) is 56.4 Å². The average molecular weight is 542 g/mol. The van der Waals surface area contributed by atoms with Crippen molar-refractivity contribution in [3.63, 3.8) is 0 Å². The second-order valence-electron chi connectivity index (χ2n) is 9.83. The maximum atomic E-state index is 13.5. The number of anilines is 1. The molecular formula is C27H30F3N7O2. The quantitative estimate of drug-likeness (QED) is 0.381. The number of methoxy groups -OCH3 is 1. The molecule has 0 saturated carbocycles. The van der Waals surface area contributed by atoms with Crippen molar-refractivity contribution in [2.75, 3.05) is 44.8 Å². The van der Waals surface area contributed by atoms with E-state index in [-0.39, 0.29) is 5.56 Å². The number of alkyl halides is 3. The number of aryl methyl sites for hydroxylation is 2. The van der Waals surface area contributed by atoms with Gasteiger partial charge in [0.1, 0.15) is 6.04 Å². The number of hydrogen-bond acceptors (Lipinski definition) is 7. The Hall–Kier alpha value is -3.77. The maximum Gasteiger partial charge on any atom is 0.416 e. The van der Waals surface area contributed by atoms with Gasteiger partial charge in [-0.25, -0.2) is 4.68 Å². The fourth-order valence-electron chi connectivity index (χ4n) is 5.27. The van der Waals surface area contributed by atoms with E-state index < -0.39 is 17.8 Å². The van der Waals surface area contributed by atoms with Crippen molar-refractivity contribution in [2.45, 2.75) is 32.6 Å². The number of ether oxygens (including phenoxy) is 1. The van der Waals surface area contributed by atoms with Crippen LogP contribution in [0.3, 0.4) is 0 Å². The summed E-state index contributed by atoms with van der Waals surface area (Å²) in [7, 11) is 1.59. The number of halogens is 3. The molecule has 39 heavy (non-hydrogen) atoms. The molecule has 2 aromatic heterocycles. The third-order valence-corrected chi connectivity index (χ3v) is 7.15. The molecular weight excluding hydrogens is 511 g/mol. The normalized spacial score (nSPS) is 15.7. The standard InChI is InChI=1S/C27H30F3N7O2/c1-17-13-18(2)23-19(14-17)15-22(26(38)31-23)24(25-32-33-34-37(25)11-12-39-3)36-9-7-35(8-10-36)21-6-4-5-20(16-21)27(28,29)30/h4-6,13-16,24H,7-12H2,1-3H3,(H,31,38). The van der Waals surface area contributed by atoms with Crippen LogP contribution in [0.25, 0.3) is 10.9 Å². The highest BCUT2D eigenvalue weighted by molar-refractivity contribution is 5.83. The molecule has 0 aliphatic carbocycles. The molecule has 12 heteroatoms. The minimum Gasteiger partial charge on any atom is -0.383 e. The Morgan fingerprint density at radius 2 is 1.85 bits per heavy atom. The molecule has 2 aromatic carbocycles. The summed E-state index contributed by atoms with van der Waals surface area (Å²) in [5, 5.41) is 13.2. The van der Waals surface area contributed by atoms with E-state index in [1.54, 1.807) is 17.9 Å². The Morgan fingerprint density at radius 1 is 1.08 bits per heavy atom. The van der Waals surface area contributed by atoms with Gasteiger partial charge in [0.15, 0.2) is 5.82 Å². The number of H-pyrrole nitrogens is 1. The molecule has 1 fully saturated rings. The number of aromatic nitrogens is 5. The summed E-state index contributed by atoms with van der Waals surface area (Å²) in [5.74, 6) is 0.508. The van der Waals surface area contributed by atoms with E-state index in [2.05, 4.69) is 25.4 Å². The molecule has 0 spiro atoms. The number of nitrogens with zero attached hydrogens (tertiary/aromatic N) is 6. The van der Waals surface area contributed by atoms with Crippen LogP contribution < -0.4 is 10.5 Å². The third-order valence-electron chi connectivity index (χ3n) is 7.15. The molecule has 1 aliphatic heterocycles. The van der Waals surface area contributed by atoms with Gasteiger partial charge in [-0.1, -0.05) is 17.7 Å². The van der Waals surface area contributed by atoms with Gasteiger partial charge in [0.2, 0.25) is 0 Å². The van der Waals surface area contributed by atoms with Gasteiger partial charge < -0.3 is 14.6 Å². The van der Waals surface area contributed by atoms with Crippen LogP contribution in [0.2, 0.25) is 0 Å². The van der Waals surface area contributed by atoms with Gasteiger partial charge >= 0.3 is 6.18 Å². The number of piperazine rings is 1. The number of tetrazole rings is 1. The van der Waals surface area contributed by atoms with Crippen molar-refractivity contribution in [3.8, 4) is 0 Å². The van der Waals surface area contributed by atoms with Gasteiger partial charge in [-0.15, -0.1) is 5.10 Å². The lowest BCUT2D eigenvalue weighted by molar-refractivity contribution is -0.137. The van der Waals surface area contributed by atoms with Crippen molar-refractivity contribution in [3.05, 3.63) is 80.9 Å². The van der Waals surface area contributed by atoms with E-state index in [9.17, 15) is 18.0 Å². The molecule has 1 atom stereocenters. The van der Waals surface area contributed by atoms with Crippen molar-refractivity contribution >= 4 is 16.6 Å². The number of fused-ring (bicyclic) bond motifs is 1. The van der Waals surface area contributed by atoms with Crippen LogP contribution in [0.1, 0.15) is 34.1 Å². The first-order chi connectivity index (χ1) is 18.7. The van der Waals surface area contributed by atoms with E-state index in [4.69, 9.17) is 4.74 Å². The maximum absolute atomic E-state index is 13.5. The second-order valence-corrected chi connectivity index (χ2v) is 9.83. The minimum absolute atomic E-state index is 0.235. The van der Waals surface area contributed by atoms with Gasteiger partial charge in [0.05, 0.1) is 24.2 Å². The third kappa shape index (κ3) is 5.52. The zero-order valence-corrected chi connectivity index (χ0v) is 22.0. The summed E-state index contributed by atoms with van der Waals surface area (Å²) in [6.45, 7) is 6.69. The number of benzene rings is 2. The van der Waals surface area contributed by atoms with Crippen molar-refractivity contribution < 1.29 is 17.9 Å². The Balaban J connectivity index is 1.51. The Morgan fingerprint density at radius 3 is 2.56 bits per heavy atom. The molecule has 0 bridgehead atoms. The molecule has 4 aromatic rings. The first kappa shape index (κ1) is 26.8. The molecule has 206 valence electrons. The second kappa shape index (κ2) is 10.8. The lowest BCUT2D eigenvalue weighted by atomic mass is 10.00. The fourth-order valence-corrected chi connectivity index (χ4v) is 5.27. The van der Waals surface area contributed by atoms with Crippen LogP contribution >= 0.6 is 0 Å². The molecule has 1 unspecified atom stereocenters. The Bertz CT molecular complexity index is 1520.